The van der Waals surface area contributed by atoms with Crippen LogP contribution in [0, 0.1) is 0 Å². The van der Waals surface area contributed by atoms with Crippen LogP contribution in [-0.2, 0) is 21.7 Å². The molecular weight excluding hydrogens is 226 g/mol. The van der Waals surface area contributed by atoms with E-state index in [1.807, 2.05) is 0 Å². The minimum Gasteiger partial charge on any atom is -0.481 e. The Morgan fingerprint density at radius 1 is 1.44 bits per heavy atom. The Hall–Kier alpha value is -1.30. The Morgan fingerprint density at radius 2 is 2.12 bits per heavy atom. The fourth-order valence-electron chi connectivity index (χ4n) is 1.45. The number of carbonyl (C=O) groups is 1. The highest BCUT2D eigenvalue weighted by Crippen LogP contribution is 2.33. The van der Waals surface area contributed by atoms with E-state index in [0.29, 0.717) is 11.6 Å². The summed E-state index contributed by atoms with van der Waals surface area (Å²) in [7, 11) is 0. The number of nitrogens with two attached hydrogens (primary N) is 1. The van der Waals surface area contributed by atoms with E-state index in [1.54, 1.807) is 25.6 Å². The molecule has 0 unspecified atom stereocenters. The molecule has 3 N–H and O–H groups in total. The number of aliphatic carboxylic acids is 1. The van der Waals surface area contributed by atoms with Gasteiger partial charge in [-0.1, -0.05) is 0 Å². The van der Waals surface area contributed by atoms with E-state index in [4.69, 9.17) is 10.8 Å². The van der Waals surface area contributed by atoms with E-state index >= 15 is 0 Å². The van der Waals surface area contributed by atoms with Crippen molar-refractivity contribution in [1.82, 2.24) is 9.97 Å². The van der Waals surface area contributed by atoms with Crippen molar-refractivity contribution in [3.8, 4) is 0 Å². The molecule has 86 valence electrons. The second-order valence-corrected chi connectivity index (χ2v) is 5.27. The van der Waals surface area contributed by atoms with Gasteiger partial charge in [-0.15, -0.1) is 0 Å². The highest BCUT2D eigenvalue weighted by Gasteiger charge is 2.34. The van der Waals surface area contributed by atoms with Crippen molar-refractivity contribution >= 4 is 23.5 Å². The van der Waals surface area contributed by atoms with Crippen molar-refractivity contribution in [2.24, 2.45) is 0 Å². The molecule has 0 atom stereocenters. The molecule has 2 heterocycles. The number of anilines is 1. The third kappa shape index (κ3) is 1.63. The molecular formula is C10H13N3O2S. The summed E-state index contributed by atoms with van der Waals surface area (Å²) in [6, 6.07) is 0. The van der Waals surface area contributed by atoms with Crippen molar-refractivity contribution in [2.45, 2.75) is 30.8 Å². The minimum atomic E-state index is -1.10. The summed E-state index contributed by atoms with van der Waals surface area (Å²) >= 11 is 1.71. The number of hydrogen-bond acceptors (Lipinski definition) is 5. The third-order valence-corrected chi connectivity index (χ3v) is 3.67. The molecule has 1 aliphatic rings. The van der Waals surface area contributed by atoms with E-state index in [0.717, 1.165) is 22.8 Å². The fourth-order valence-corrected chi connectivity index (χ4v) is 2.50. The lowest BCUT2D eigenvalue weighted by Crippen LogP contribution is -2.31. The third-order valence-electron chi connectivity index (χ3n) is 2.70. The van der Waals surface area contributed by atoms with Gasteiger partial charge in [0.1, 0.15) is 17.1 Å². The first-order valence-electron chi connectivity index (χ1n) is 4.90. The van der Waals surface area contributed by atoms with Gasteiger partial charge in [0, 0.05) is 17.1 Å². The van der Waals surface area contributed by atoms with E-state index in [-0.39, 0.29) is 0 Å². The molecule has 0 aromatic carbocycles. The average molecular weight is 239 g/mol. The molecule has 0 saturated heterocycles. The summed E-state index contributed by atoms with van der Waals surface area (Å²) < 4.78 is 0. The van der Waals surface area contributed by atoms with Crippen LogP contribution in [0.2, 0.25) is 0 Å². The van der Waals surface area contributed by atoms with Crippen LogP contribution >= 0.6 is 11.8 Å². The summed E-state index contributed by atoms with van der Waals surface area (Å²) in [5, 5.41) is 9.11. The van der Waals surface area contributed by atoms with Gasteiger partial charge in [-0.05, 0) is 13.8 Å². The first-order valence-corrected chi connectivity index (χ1v) is 6.05. The number of nitrogen functional groups attached to an aromatic ring is 1. The SMILES string of the molecule is CC(C)(C(=O)O)c1nc(N)c2c(n1)CSC2. The topological polar surface area (TPSA) is 89.1 Å². The molecule has 0 saturated carbocycles. The largest absolute Gasteiger partial charge is 0.481 e. The van der Waals surface area contributed by atoms with Gasteiger partial charge in [-0.3, -0.25) is 4.79 Å². The van der Waals surface area contributed by atoms with Gasteiger partial charge in [-0.25, -0.2) is 9.97 Å². The number of thioether (sulfide) groups is 1. The minimum absolute atomic E-state index is 0.291. The highest BCUT2D eigenvalue weighted by molar-refractivity contribution is 7.98. The van der Waals surface area contributed by atoms with Crippen LogP contribution in [0.5, 0.6) is 0 Å². The Morgan fingerprint density at radius 3 is 2.75 bits per heavy atom. The molecule has 0 fully saturated rings. The van der Waals surface area contributed by atoms with Crippen LogP contribution in [0.25, 0.3) is 0 Å². The first-order chi connectivity index (χ1) is 7.43. The van der Waals surface area contributed by atoms with Crippen molar-refractivity contribution in [2.75, 3.05) is 5.73 Å². The average Bonchev–Trinajstić information content (AvgIpc) is 2.65. The standard InChI is InChI=1S/C10H13N3O2S/c1-10(2,9(14)15)8-12-6-4-16-3-5(6)7(11)13-8/h3-4H2,1-2H3,(H,14,15)(H2,11,12,13). The van der Waals surface area contributed by atoms with E-state index in [1.165, 1.54) is 0 Å². The second-order valence-electron chi connectivity index (χ2n) is 4.28. The molecule has 0 amide bonds. The monoisotopic (exact) mass is 239 g/mol. The molecule has 0 radical (unpaired) electrons. The van der Waals surface area contributed by atoms with Gasteiger partial charge in [0.15, 0.2) is 0 Å². The predicted molar refractivity (Wildman–Crippen MR) is 62.1 cm³/mol. The number of rotatable bonds is 2. The number of aromatic nitrogens is 2. The lowest BCUT2D eigenvalue weighted by molar-refractivity contribution is -0.142. The number of nitrogens with zero attached hydrogens (tertiary/aromatic N) is 2. The maximum atomic E-state index is 11.1. The van der Waals surface area contributed by atoms with Crippen LogP contribution in [-0.4, -0.2) is 21.0 Å². The van der Waals surface area contributed by atoms with Gasteiger partial charge in [0.2, 0.25) is 0 Å². The van der Waals surface area contributed by atoms with Gasteiger partial charge in [0.25, 0.3) is 0 Å². The molecule has 1 aliphatic heterocycles. The molecule has 2 rings (SSSR count). The fraction of sp³-hybridized carbons (Fsp3) is 0.500. The molecule has 0 aliphatic carbocycles. The zero-order valence-electron chi connectivity index (χ0n) is 9.15. The van der Waals surface area contributed by atoms with Crippen LogP contribution in [0.4, 0.5) is 5.82 Å². The van der Waals surface area contributed by atoms with Crippen molar-refractivity contribution in [3.63, 3.8) is 0 Å². The Bertz CT molecular complexity index is 460. The predicted octanol–water partition coefficient (Wildman–Crippen LogP) is 1.17. The number of carboxylic acid groups (broad SMARTS) is 1. The Labute approximate surface area is 97.5 Å². The van der Waals surface area contributed by atoms with E-state index < -0.39 is 11.4 Å². The molecule has 6 heteroatoms. The zero-order valence-corrected chi connectivity index (χ0v) is 9.97. The molecule has 16 heavy (non-hydrogen) atoms. The van der Waals surface area contributed by atoms with Crippen LogP contribution in [0.15, 0.2) is 0 Å². The number of fused-ring (bicyclic) bond motifs is 1. The second kappa shape index (κ2) is 3.62. The van der Waals surface area contributed by atoms with Crippen LogP contribution in [0.1, 0.15) is 30.9 Å². The first kappa shape index (κ1) is 11.2. The van der Waals surface area contributed by atoms with Gasteiger partial charge in [-0.2, -0.15) is 11.8 Å². The van der Waals surface area contributed by atoms with Crippen molar-refractivity contribution in [1.29, 1.82) is 0 Å². The van der Waals surface area contributed by atoms with Gasteiger partial charge in [0.05, 0.1) is 5.69 Å². The summed E-state index contributed by atoms with van der Waals surface area (Å²) in [5.74, 6) is 1.36. The van der Waals surface area contributed by atoms with Crippen LogP contribution < -0.4 is 5.73 Å². The maximum Gasteiger partial charge on any atom is 0.316 e. The highest BCUT2D eigenvalue weighted by atomic mass is 32.2. The number of carboxylic acids is 1. The van der Waals surface area contributed by atoms with Crippen LogP contribution in [0.3, 0.4) is 0 Å². The summed E-state index contributed by atoms with van der Waals surface area (Å²) in [6.45, 7) is 3.16. The lowest BCUT2D eigenvalue weighted by atomic mass is 9.92. The summed E-state index contributed by atoms with van der Waals surface area (Å²) in [6.07, 6.45) is 0. The van der Waals surface area contributed by atoms with Crippen molar-refractivity contribution in [3.05, 3.63) is 17.1 Å². The normalized spacial score (nSPS) is 14.9. The smallest absolute Gasteiger partial charge is 0.316 e. The lowest BCUT2D eigenvalue weighted by Gasteiger charge is -2.18. The molecule has 5 nitrogen and oxygen atoms in total. The molecule has 1 aromatic rings. The van der Waals surface area contributed by atoms with E-state index in [2.05, 4.69) is 9.97 Å². The maximum absolute atomic E-state index is 11.1. The van der Waals surface area contributed by atoms with Gasteiger partial charge >= 0.3 is 5.97 Å². The Balaban J connectivity index is 2.52. The van der Waals surface area contributed by atoms with Gasteiger partial charge < -0.3 is 10.8 Å². The summed E-state index contributed by atoms with van der Waals surface area (Å²) in [4.78, 5) is 19.5. The summed E-state index contributed by atoms with van der Waals surface area (Å²) in [5.41, 5.74) is 6.54. The molecule has 0 bridgehead atoms. The zero-order chi connectivity index (χ0) is 11.9. The quantitative estimate of drug-likeness (QED) is 0.805. The Kier molecular flexibility index (Phi) is 2.53. The molecule has 0 spiro atoms. The van der Waals surface area contributed by atoms with Crippen molar-refractivity contribution < 1.29 is 9.90 Å². The molecule has 1 aromatic heterocycles. The number of hydrogen-bond donors (Lipinski definition) is 2. The van der Waals surface area contributed by atoms with E-state index in [9.17, 15) is 4.79 Å².